The second-order valence-corrected chi connectivity index (χ2v) is 9.27. The van der Waals surface area contributed by atoms with E-state index in [1.807, 2.05) is 25.1 Å². The first-order chi connectivity index (χ1) is 18.0. The van der Waals surface area contributed by atoms with Crippen LogP contribution in [0.1, 0.15) is 27.9 Å². The van der Waals surface area contributed by atoms with Crippen molar-refractivity contribution in [2.75, 3.05) is 5.32 Å². The number of hydrogen-bond acceptors (Lipinski definition) is 3. The van der Waals surface area contributed by atoms with Crippen molar-refractivity contribution in [1.29, 1.82) is 0 Å². The van der Waals surface area contributed by atoms with Crippen LogP contribution in [-0.2, 0) is 18.1 Å². The van der Waals surface area contributed by atoms with Crippen LogP contribution in [0.25, 0.3) is 0 Å². The lowest BCUT2D eigenvalue weighted by Crippen LogP contribution is -2.47. The Balaban J connectivity index is 1.93. The van der Waals surface area contributed by atoms with E-state index in [0.717, 1.165) is 23.3 Å². The number of aryl methyl sites for hydroxylation is 1. The first kappa shape index (κ1) is 27.1. The normalized spacial score (nSPS) is 13.0. The summed E-state index contributed by atoms with van der Waals surface area (Å²) in [7, 11) is 0. The fraction of sp³-hybridized carbons (Fsp3) is 0.138. The Morgan fingerprint density at radius 2 is 1.63 bits per heavy atom. The van der Waals surface area contributed by atoms with Crippen molar-refractivity contribution in [1.82, 2.24) is 10.3 Å². The second-order valence-electron chi connectivity index (χ2n) is 8.84. The highest BCUT2D eigenvalue weighted by Crippen LogP contribution is 2.39. The molecule has 0 spiro atoms. The molecule has 0 bridgehead atoms. The van der Waals surface area contributed by atoms with Gasteiger partial charge >= 0.3 is 6.18 Å². The van der Waals surface area contributed by atoms with E-state index in [2.05, 4.69) is 22.2 Å². The van der Waals surface area contributed by atoms with Gasteiger partial charge in [-0.1, -0.05) is 48.5 Å². The molecule has 1 aromatic heterocycles. The highest BCUT2D eigenvalue weighted by Gasteiger charge is 2.40. The molecule has 1 atom stereocenters. The minimum Gasteiger partial charge on any atom is -0.357 e. The molecule has 0 radical (unpaired) electrons. The van der Waals surface area contributed by atoms with Gasteiger partial charge in [0.05, 0.1) is 22.1 Å². The summed E-state index contributed by atoms with van der Waals surface area (Å²) in [6.07, 6.45) is -3.37. The SMILES string of the molecule is C=C(Nc1cccc(F)c1)N[C@@](Cc1ccccc1C)(c1cc(F)cc(C(F)(F)F)c1)c1ccc(Cl)cn1. The third-order valence-corrected chi connectivity index (χ3v) is 6.31. The minimum atomic E-state index is -4.80. The third-order valence-electron chi connectivity index (χ3n) is 6.08. The van der Waals surface area contributed by atoms with Gasteiger partial charge in [-0.2, -0.15) is 13.2 Å². The van der Waals surface area contributed by atoms with Crippen LogP contribution < -0.4 is 10.6 Å². The standard InChI is InChI=1S/C29H23ClF5N3/c1-18-6-3-4-7-20(18)16-28(27-11-10-23(30)17-36-27,21-12-22(29(33,34)35)14-25(32)13-21)38-19(2)37-26-9-5-8-24(31)15-26/h3-15,17,37-38H,2,16H2,1H3/t28-/m0/s1. The molecule has 0 amide bonds. The van der Waals surface area contributed by atoms with Crippen LogP contribution in [0.5, 0.6) is 0 Å². The number of halogens is 6. The Hall–Kier alpha value is -3.91. The lowest BCUT2D eigenvalue weighted by atomic mass is 9.79. The number of nitrogens with zero attached hydrogens (tertiary/aromatic N) is 1. The zero-order chi connectivity index (χ0) is 27.5. The zero-order valence-electron chi connectivity index (χ0n) is 20.2. The van der Waals surface area contributed by atoms with Gasteiger partial charge in [0.25, 0.3) is 0 Å². The molecular weight excluding hydrogens is 521 g/mol. The van der Waals surface area contributed by atoms with Gasteiger partial charge in [-0.05, 0) is 72.1 Å². The highest BCUT2D eigenvalue weighted by atomic mass is 35.5. The largest absolute Gasteiger partial charge is 0.416 e. The van der Waals surface area contributed by atoms with Crippen molar-refractivity contribution in [3.8, 4) is 0 Å². The monoisotopic (exact) mass is 543 g/mol. The van der Waals surface area contributed by atoms with Crippen molar-refractivity contribution in [2.24, 2.45) is 0 Å². The fourth-order valence-electron chi connectivity index (χ4n) is 4.27. The van der Waals surface area contributed by atoms with Crippen LogP contribution in [0, 0.1) is 18.6 Å². The molecule has 0 aliphatic heterocycles. The molecule has 0 saturated heterocycles. The Kier molecular flexibility index (Phi) is 7.73. The lowest BCUT2D eigenvalue weighted by molar-refractivity contribution is -0.137. The zero-order valence-corrected chi connectivity index (χ0v) is 21.0. The van der Waals surface area contributed by atoms with E-state index in [1.54, 1.807) is 24.3 Å². The molecule has 4 rings (SSSR count). The first-order valence-corrected chi connectivity index (χ1v) is 11.9. The molecule has 3 nitrogen and oxygen atoms in total. The number of hydrogen-bond donors (Lipinski definition) is 2. The van der Waals surface area contributed by atoms with E-state index in [1.165, 1.54) is 24.4 Å². The highest BCUT2D eigenvalue weighted by molar-refractivity contribution is 6.30. The number of pyridine rings is 1. The minimum absolute atomic E-state index is 0.0370. The number of rotatable bonds is 8. The van der Waals surface area contributed by atoms with Crippen molar-refractivity contribution in [3.05, 3.63) is 142 Å². The summed E-state index contributed by atoms with van der Waals surface area (Å²) in [5, 5.41) is 6.41. The maximum absolute atomic E-state index is 14.8. The van der Waals surface area contributed by atoms with Gasteiger partial charge in [0.15, 0.2) is 0 Å². The molecular formula is C29H23ClF5N3. The molecule has 0 aliphatic rings. The van der Waals surface area contributed by atoms with Crippen LogP contribution >= 0.6 is 11.6 Å². The van der Waals surface area contributed by atoms with Crippen molar-refractivity contribution < 1.29 is 22.0 Å². The molecule has 4 aromatic rings. The van der Waals surface area contributed by atoms with E-state index >= 15 is 0 Å². The molecule has 9 heteroatoms. The maximum atomic E-state index is 14.8. The summed E-state index contributed by atoms with van der Waals surface area (Å²) in [6.45, 7) is 5.84. The van der Waals surface area contributed by atoms with Gasteiger partial charge < -0.3 is 10.6 Å². The van der Waals surface area contributed by atoms with Gasteiger partial charge in [-0.15, -0.1) is 0 Å². The summed E-state index contributed by atoms with van der Waals surface area (Å²) in [4.78, 5) is 4.42. The quantitative estimate of drug-likeness (QED) is 0.221. The molecule has 2 N–H and O–H groups in total. The Labute approximate surface area is 222 Å². The summed E-state index contributed by atoms with van der Waals surface area (Å²) < 4.78 is 69.9. The third kappa shape index (κ3) is 6.14. The van der Waals surface area contributed by atoms with Gasteiger partial charge in [0, 0.05) is 18.3 Å². The molecule has 38 heavy (non-hydrogen) atoms. The predicted octanol–water partition coefficient (Wildman–Crippen LogP) is 8.00. The van der Waals surface area contributed by atoms with Gasteiger partial charge in [0.1, 0.15) is 17.2 Å². The summed E-state index contributed by atoms with van der Waals surface area (Å²) in [6, 6.07) is 18.4. The van der Waals surface area contributed by atoms with Crippen LogP contribution in [-0.4, -0.2) is 4.98 Å². The van der Waals surface area contributed by atoms with Crippen molar-refractivity contribution >= 4 is 17.3 Å². The summed E-state index contributed by atoms with van der Waals surface area (Å²) in [5.41, 5.74) is -0.475. The molecule has 196 valence electrons. The summed E-state index contributed by atoms with van der Waals surface area (Å²) >= 11 is 6.07. The van der Waals surface area contributed by atoms with E-state index in [4.69, 9.17) is 11.6 Å². The lowest BCUT2D eigenvalue weighted by Gasteiger charge is -2.38. The predicted molar refractivity (Wildman–Crippen MR) is 139 cm³/mol. The Morgan fingerprint density at radius 1 is 0.895 bits per heavy atom. The van der Waals surface area contributed by atoms with Crippen molar-refractivity contribution in [3.63, 3.8) is 0 Å². The number of nitrogens with one attached hydrogen (secondary N) is 2. The van der Waals surface area contributed by atoms with E-state index in [9.17, 15) is 22.0 Å². The number of benzene rings is 3. The van der Waals surface area contributed by atoms with Crippen LogP contribution in [0.4, 0.5) is 27.6 Å². The Bertz CT molecular complexity index is 1450. The maximum Gasteiger partial charge on any atom is 0.416 e. The topological polar surface area (TPSA) is 37.0 Å². The number of aromatic nitrogens is 1. The van der Waals surface area contributed by atoms with Crippen molar-refractivity contribution in [2.45, 2.75) is 25.1 Å². The average molecular weight is 544 g/mol. The number of anilines is 1. The van der Waals surface area contributed by atoms with Crippen LogP contribution in [0.2, 0.25) is 5.02 Å². The Morgan fingerprint density at radius 3 is 2.29 bits per heavy atom. The second kappa shape index (κ2) is 10.8. The molecule has 3 aromatic carbocycles. The molecule has 0 fully saturated rings. The fourth-order valence-corrected chi connectivity index (χ4v) is 4.38. The van der Waals surface area contributed by atoms with E-state index in [0.29, 0.717) is 16.8 Å². The van der Waals surface area contributed by atoms with E-state index in [-0.39, 0.29) is 23.5 Å². The smallest absolute Gasteiger partial charge is 0.357 e. The summed E-state index contributed by atoms with van der Waals surface area (Å²) in [5.74, 6) is -1.43. The molecule has 0 unspecified atom stereocenters. The van der Waals surface area contributed by atoms with Crippen LogP contribution in [0.15, 0.2) is 97.5 Å². The van der Waals surface area contributed by atoms with Gasteiger partial charge in [0.2, 0.25) is 0 Å². The first-order valence-electron chi connectivity index (χ1n) is 11.5. The molecule has 1 heterocycles. The molecule has 0 saturated carbocycles. The van der Waals surface area contributed by atoms with Crippen LogP contribution in [0.3, 0.4) is 0 Å². The van der Waals surface area contributed by atoms with Gasteiger partial charge in [-0.25, -0.2) is 8.78 Å². The molecule has 0 aliphatic carbocycles. The van der Waals surface area contributed by atoms with E-state index < -0.39 is 28.9 Å². The van der Waals surface area contributed by atoms with Gasteiger partial charge in [-0.3, -0.25) is 4.98 Å². The number of alkyl halides is 3. The average Bonchev–Trinajstić information content (AvgIpc) is 2.84.